The predicted molar refractivity (Wildman–Crippen MR) is 110 cm³/mol. The summed E-state index contributed by atoms with van der Waals surface area (Å²) in [6, 6.07) is 14.0. The highest BCUT2D eigenvalue weighted by Gasteiger charge is 2.46. The van der Waals surface area contributed by atoms with E-state index in [-0.39, 0.29) is 30.7 Å². The zero-order valence-electron chi connectivity index (χ0n) is 14.7. The lowest BCUT2D eigenvalue weighted by Crippen LogP contribution is -2.61. The van der Waals surface area contributed by atoms with Gasteiger partial charge in [0.05, 0.1) is 23.6 Å². The van der Waals surface area contributed by atoms with Crippen LogP contribution in [0.1, 0.15) is 24.2 Å². The van der Waals surface area contributed by atoms with E-state index < -0.39 is 5.54 Å². The summed E-state index contributed by atoms with van der Waals surface area (Å²) in [5.41, 5.74) is 3.37. The molecule has 1 spiro atoms. The van der Waals surface area contributed by atoms with E-state index >= 15 is 0 Å². The van der Waals surface area contributed by atoms with Crippen molar-refractivity contribution in [2.24, 2.45) is 0 Å². The first kappa shape index (κ1) is 20.5. The number of aryl methyl sites for hydroxylation is 1. The number of rotatable bonds is 2. The molecule has 26 heavy (non-hydrogen) atoms. The van der Waals surface area contributed by atoms with Crippen LogP contribution in [-0.2, 0) is 11.3 Å². The molecule has 2 aliphatic heterocycles. The Hall–Kier alpha value is -1.82. The number of carbonyl (C=O) groups excluding carboxylic acids is 1. The highest BCUT2D eigenvalue weighted by molar-refractivity contribution is 6.07. The maximum atomic E-state index is 13.4. The first-order valence-corrected chi connectivity index (χ1v) is 8.50. The predicted octanol–water partition coefficient (Wildman–Crippen LogP) is 3.31. The average Bonchev–Trinajstić information content (AvgIpc) is 2.60. The van der Waals surface area contributed by atoms with Crippen molar-refractivity contribution in [3.05, 3.63) is 53.9 Å². The molecular formula is C19H24Cl2N4O. The number of nitrogens with zero attached hydrogens (tertiary/aromatic N) is 2. The molecule has 2 N–H and O–H groups in total. The third kappa shape index (κ3) is 3.65. The first-order valence-electron chi connectivity index (χ1n) is 8.50. The van der Waals surface area contributed by atoms with Crippen molar-refractivity contribution in [3.63, 3.8) is 0 Å². The van der Waals surface area contributed by atoms with Gasteiger partial charge in [-0.15, -0.1) is 24.8 Å². The normalized spacial score (nSPS) is 17.6. The zero-order chi connectivity index (χ0) is 16.6. The van der Waals surface area contributed by atoms with Gasteiger partial charge in [-0.1, -0.05) is 18.2 Å². The molecule has 4 rings (SSSR count). The quantitative estimate of drug-likeness (QED) is 0.819. The first-order chi connectivity index (χ1) is 11.7. The van der Waals surface area contributed by atoms with Crippen LogP contribution in [0.15, 0.2) is 42.5 Å². The van der Waals surface area contributed by atoms with E-state index in [1.54, 1.807) is 0 Å². The molecule has 1 aromatic carbocycles. The minimum Gasteiger partial charge on any atom is -0.369 e. The molecule has 1 fully saturated rings. The van der Waals surface area contributed by atoms with E-state index in [1.807, 2.05) is 48.2 Å². The summed E-state index contributed by atoms with van der Waals surface area (Å²) in [5, 5.41) is 6.89. The fourth-order valence-electron chi connectivity index (χ4n) is 3.69. The van der Waals surface area contributed by atoms with Crippen molar-refractivity contribution in [2.45, 2.75) is 31.8 Å². The molecule has 1 aromatic heterocycles. The van der Waals surface area contributed by atoms with Gasteiger partial charge in [-0.3, -0.25) is 9.78 Å². The van der Waals surface area contributed by atoms with Crippen LogP contribution in [-0.4, -0.2) is 29.5 Å². The number of halogens is 2. The van der Waals surface area contributed by atoms with Crippen LogP contribution in [0.4, 0.5) is 11.4 Å². The van der Waals surface area contributed by atoms with E-state index in [0.29, 0.717) is 6.54 Å². The molecule has 0 radical (unpaired) electrons. The summed E-state index contributed by atoms with van der Waals surface area (Å²) in [7, 11) is 0. The van der Waals surface area contributed by atoms with Crippen LogP contribution < -0.4 is 15.5 Å². The Morgan fingerprint density at radius 2 is 1.81 bits per heavy atom. The van der Waals surface area contributed by atoms with Crippen molar-refractivity contribution in [2.75, 3.05) is 23.3 Å². The van der Waals surface area contributed by atoms with E-state index in [1.165, 1.54) is 0 Å². The number of anilines is 2. The number of amides is 1. The lowest BCUT2D eigenvalue weighted by molar-refractivity contribution is -0.124. The average molecular weight is 395 g/mol. The van der Waals surface area contributed by atoms with Crippen LogP contribution in [0.5, 0.6) is 0 Å². The second-order valence-electron chi connectivity index (χ2n) is 6.64. The minimum absolute atomic E-state index is 0. The molecule has 0 saturated carbocycles. The topological polar surface area (TPSA) is 57.3 Å². The highest BCUT2D eigenvalue weighted by atomic mass is 35.5. The number of aromatic nitrogens is 1. The molecule has 0 unspecified atom stereocenters. The number of nitrogens with one attached hydrogen (secondary N) is 2. The van der Waals surface area contributed by atoms with Gasteiger partial charge in [0.25, 0.3) is 5.91 Å². The Kier molecular flexibility index (Phi) is 6.50. The van der Waals surface area contributed by atoms with Gasteiger partial charge < -0.3 is 15.5 Å². The van der Waals surface area contributed by atoms with Crippen LogP contribution in [0.2, 0.25) is 0 Å². The standard InChI is InChI=1S/C19H22N4O.2ClH/c1-14-5-4-6-15(21-14)13-23-17-8-3-2-7-16(17)22-19(18(23)24)9-11-20-12-10-19;;/h2-8,20,22H,9-13H2,1H3;2*1H. The lowest BCUT2D eigenvalue weighted by Gasteiger charge is -2.45. The Morgan fingerprint density at radius 3 is 2.54 bits per heavy atom. The summed E-state index contributed by atoms with van der Waals surface area (Å²) in [5.74, 6) is 0.158. The smallest absolute Gasteiger partial charge is 0.253 e. The molecule has 3 heterocycles. The molecular weight excluding hydrogens is 371 g/mol. The van der Waals surface area contributed by atoms with Gasteiger partial charge in [-0.05, 0) is 57.1 Å². The van der Waals surface area contributed by atoms with E-state index in [2.05, 4.69) is 21.7 Å². The maximum absolute atomic E-state index is 13.4. The lowest BCUT2D eigenvalue weighted by atomic mass is 9.84. The number of para-hydroxylation sites is 2. The van der Waals surface area contributed by atoms with Crippen LogP contribution in [0.3, 0.4) is 0 Å². The third-order valence-electron chi connectivity index (χ3n) is 4.95. The molecule has 0 aliphatic carbocycles. The van der Waals surface area contributed by atoms with Gasteiger partial charge >= 0.3 is 0 Å². The minimum atomic E-state index is -0.497. The zero-order valence-corrected chi connectivity index (χ0v) is 16.3. The van der Waals surface area contributed by atoms with Gasteiger partial charge in [0, 0.05) is 5.69 Å². The van der Waals surface area contributed by atoms with E-state index in [4.69, 9.17) is 0 Å². The second kappa shape index (κ2) is 8.25. The fourth-order valence-corrected chi connectivity index (χ4v) is 3.69. The summed E-state index contributed by atoms with van der Waals surface area (Å²) >= 11 is 0. The summed E-state index contributed by atoms with van der Waals surface area (Å²) in [6.07, 6.45) is 1.61. The molecule has 2 aliphatic rings. The van der Waals surface area contributed by atoms with Gasteiger partial charge in [-0.25, -0.2) is 0 Å². The van der Waals surface area contributed by atoms with Crippen molar-refractivity contribution >= 4 is 42.1 Å². The Morgan fingerprint density at radius 1 is 1.08 bits per heavy atom. The summed E-state index contributed by atoms with van der Waals surface area (Å²) in [6.45, 7) is 4.20. The Bertz CT molecular complexity index is 778. The van der Waals surface area contributed by atoms with Crippen LogP contribution >= 0.6 is 24.8 Å². The van der Waals surface area contributed by atoms with Gasteiger partial charge in [0.2, 0.25) is 0 Å². The second-order valence-corrected chi connectivity index (χ2v) is 6.64. The summed E-state index contributed by atoms with van der Waals surface area (Å²) < 4.78 is 0. The van der Waals surface area contributed by atoms with Gasteiger partial charge in [0.15, 0.2) is 0 Å². The highest BCUT2D eigenvalue weighted by Crippen LogP contribution is 2.39. The number of benzene rings is 1. The van der Waals surface area contributed by atoms with Crippen LogP contribution in [0.25, 0.3) is 0 Å². The number of hydrogen-bond donors (Lipinski definition) is 2. The van der Waals surface area contributed by atoms with Crippen molar-refractivity contribution in [3.8, 4) is 0 Å². The van der Waals surface area contributed by atoms with E-state index in [0.717, 1.165) is 48.7 Å². The number of pyridine rings is 1. The number of fused-ring (bicyclic) bond motifs is 1. The fraction of sp³-hybridized carbons (Fsp3) is 0.368. The Labute approximate surface area is 166 Å². The van der Waals surface area contributed by atoms with Crippen molar-refractivity contribution < 1.29 is 4.79 Å². The largest absolute Gasteiger partial charge is 0.369 e. The Balaban J connectivity index is 0.00000121. The van der Waals surface area contributed by atoms with Gasteiger partial charge in [0.1, 0.15) is 5.54 Å². The van der Waals surface area contributed by atoms with Gasteiger partial charge in [-0.2, -0.15) is 0 Å². The molecule has 2 aromatic rings. The molecule has 5 nitrogen and oxygen atoms in total. The molecule has 7 heteroatoms. The SMILES string of the molecule is Cc1cccc(CN2C(=O)C3(CCNCC3)Nc3ccccc32)n1.Cl.Cl. The maximum Gasteiger partial charge on any atom is 0.253 e. The third-order valence-corrected chi connectivity index (χ3v) is 4.95. The van der Waals surface area contributed by atoms with Crippen LogP contribution in [0, 0.1) is 6.92 Å². The number of piperidine rings is 1. The summed E-state index contributed by atoms with van der Waals surface area (Å²) in [4.78, 5) is 19.8. The monoisotopic (exact) mass is 394 g/mol. The molecule has 140 valence electrons. The van der Waals surface area contributed by atoms with E-state index in [9.17, 15) is 4.79 Å². The molecule has 1 saturated heterocycles. The van der Waals surface area contributed by atoms with Crippen molar-refractivity contribution in [1.29, 1.82) is 0 Å². The molecule has 1 amide bonds. The number of carbonyl (C=O) groups is 1. The number of hydrogen-bond acceptors (Lipinski definition) is 4. The molecule has 0 bridgehead atoms. The van der Waals surface area contributed by atoms with Crippen molar-refractivity contribution in [1.82, 2.24) is 10.3 Å². The molecule has 0 atom stereocenters.